The molecule has 0 spiro atoms. The number of hydrogen-bond acceptors (Lipinski definition) is 5. The molecular formula is C17H17FN4S. The van der Waals surface area contributed by atoms with Gasteiger partial charge < -0.3 is 10.2 Å². The van der Waals surface area contributed by atoms with Gasteiger partial charge in [-0.15, -0.1) is 11.3 Å². The lowest BCUT2D eigenvalue weighted by molar-refractivity contribution is 0.586. The zero-order valence-corrected chi connectivity index (χ0v) is 13.7. The number of nitrogens with one attached hydrogen (secondary N) is 1. The van der Waals surface area contributed by atoms with E-state index < -0.39 is 0 Å². The van der Waals surface area contributed by atoms with Crippen LogP contribution in [0.4, 0.5) is 10.2 Å². The molecule has 1 saturated heterocycles. The van der Waals surface area contributed by atoms with Gasteiger partial charge >= 0.3 is 0 Å². The fourth-order valence-corrected chi connectivity index (χ4v) is 4.12. The summed E-state index contributed by atoms with van der Waals surface area (Å²) < 4.78 is 13.3. The highest BCUT2D eigenvalue weighted by molar-refractivity contribution is 7.19. The van der Waals surface area contributed by atoms with Gasteiger partial charge in [0.1, 0.15) is 22.8 Å². The van der Waals surface area contributed by atoms with Crippen LogP contribution >= 0.6 is 11.3 Å². The maximum absolute atomic E-state index is 13.3. The fraction of sp³-hybridized carbons (Fsp3) is 0.294. The van der Waals surface area contributed by atoms with E-state index >= 15 is 0 Å². The molecule has 3 aromatic rings. The quantitative estimate of drug-likeness (QED) is 0.784. The maximum Gasteiger partial charge on any atom is 0.141 e. The van der Waals surface area contributed by atoms with E-state index in [0.29, 0.717) is 0 Å². The van der Waals surface area contributed by atoms with E-state index in [1.807, 2.05) is 12.1 Å². The molecular weight excluding hydrogens is 311 g/mol. The molecule has 3 heterocycles. The minimum absolute atomic E-state index is 0.218. The van der Waals surface area contributed by atoms with Gasteiger partial charge in [0.2, 0.25) is 0 Å². The lowest BCUT2D eigenvalue weighted by Gasteiger charge is -2.29. The highest BCUT2D eigenvalue weighted by Gasteiger charge is 2.21. The van der Waals surface area contributed by atoms with Crippen molar-refractivity contribution >= 4 is 27.4 Å². The van der Waals surface area contributed by atoms with Gasteiger partial charge in [-0.25, -0.2) is 14.4 Å². The van der Waals surface area contributed by atoms with Crippen LogP contribution < -0.4 is 10.2 Å². The topological polar surface area (TPSA) is 41.1 Å². The third-order valence-corrected chi connectivity index (χ3v) is 5.21. The van der Waals surface area contributed by atoms with E-state index in [9.17, 15) is 4.39 Å². The average molecular weight is 328 g/mol. The van der Waals surface area contributed by atoms with Crippen molar-refractivity contribution in [2.75, 3.05) is 31.1 Å². The first-order chi connectivity index (χ1) is 11.2. The Bertz CT molecular complexity index is 838. The summed E-state index contributed by atoms with van der Waals surface area (Å²) in [6.45, 7) is 5.88. The van der Waals surface area contributed by atoms with Crippen LogP contribution in [0.1, 0.15) is 4.88 Å². The fourth-order valence-electron chi connectivity index (χ4n) is 3.11. The summed E-state index contributed by atoms with van der Waals surface area (Å²) in [6.07, 6.45) is 1.64. The van der Waals surface area contributed by atoms with E-state index in [0.717, 1.165) is 53.3 Å². The Labute approximate surface area is 138 Å². The Morgan fingerprint density at radius 3 is 2.61 bits per heavy atom. The standard InChI is InChI=1S/C17H17FN4S/c1-11-14(12-2-4-13(18)5-3-12)15-16(20-10-21-17(15)23-11)22-8-6-19-7-9-22/h2-5,10,19H,6-9H2,1H3. The number of thiophene rings is 1. The molecule has 0 radical (unpaired) electrons. The van der Waals surface area contributed by atoms with Crippen LogP contribution in [-0.2, 0) is 0 Å². The number of nitrogens with zero attached hydrogens (tertiary/aromatic N) is 3. The van der Waals surface area contributed by atoms with Crippen LogP contribution in [0.25, 0.3) is 21.3 Å². The van der Waals surface area contributed by atoms with Crippen LogP contribution in [0, 0.1) is 12.7 Å². The normalized spacial score (nSPS) is 15.3. The molecule has 23 heavy (non-hydrogen) atoms. The molecule has 1 aromatic carbocycles. The number of piperazine rings is 1. The van der Waals surface area contributed by atoms with Crippen LogP contribution in [0.3, 0.4) is 0 Å². The molecule has 0 unspecified atom stereocenters. The van der Waals surface area contributed by atoms with Crippen molar-refractivity contribution in [3.8, 4) is 11.1 Å². The molecule has 0 amide bonds. The van der Waals surface area contributed by atoms with Gasteiger partial charge in [-0.1, -0.05) is 12.1 Å². The van der Waals surface area contributed by atoms with E-state index in [2.05, 4.69) is 27.1 Å². The third kappa shape index (κ3) is 2.58. The predicted molar refractivity (Wildman–Crippen MR) is 92.6 cm³/mol. The van der Waals surface area contributed by atoms with Crippen LogP contribution in [0.5, 0.6) is 0 Å². The summed E-state index contributed by atoms with van der Waals surface area (Å²) in [4.78, 5) is 13.5. The first-order valence-electron chi connectivity index (χ1n) is 7.70. The Morgan fingerprint density at radius 1 is 1.13 bits per heavy atom. The Balaban J connectivity index is 1.92. The van der Waals surface area contributed by atoms with Gasteiger partial charge in [-0.3, -0.25) is 0 Å². The average Bonchev–Trinajstić information content (AvgIpc) is 2.92. The summed E-state index contributed by atoms with van der Waals surface area (Å²) in [5, 5.41) is 4.45. The van der Waals surface area contributed by atoms with Crippen molar-refractivity contribution in [1.82, 2.24) is 15.3 Å². The SMILES string of the molecule is Cc1sc2ncnc(N3CCNCC3)c2c1-c1ccc(F)cc1. The van der Waals surface area contributed by atoms with Crippen LogP contribution in [-0.4, -0.2) is 36.1 Å². The highest BCUT2D eigenvalue weighted by atomic mass is 32.1. The number of anilines is 1. The third-order valence-electron chi connectivity index (χ3n) is 4.19. The minimum Gasteiger partial charge on any atom is -0.353 e. The van der Waals surface area contributed by atoms with Crippen molar-refractivity contribution in [2.45, 2.75) is 6.92 Å². The number of rotatable bonds is 2. The van der Waals surface area contributed by atoms with Crippen LogP contribution in [0.2, 0.25) is 0 Å². The van der Waals surface area contributed by atoms with E-state index in [4.69, 9.17) is 0 Å². The Morgan fingerprint density at radius 2 is 1.87 bits per heavy atom. The zero-order valence-electron chi connectivity index (χ0n) is 12.8. The van der Waals surface area contributed by atoms with Crippen molar-refractivity contribution in [3.05, 3.63) is 41.3 Å². The second kappa shape index (κ2) is 5.86. The molecule has 0 aliphatic carbocycles. The van der Waals surface area contributed by atoms with Gasteiger partial charge in [0.05, 0.1) is 5.39 Å². The molecule has 6 heteroatoms. The minimum atomic E-state index is -0.218. The molecule has 1 aliphatic heterocycles. The largest absolute Gasteiger partial charge is 0.353 e. The van der Waals surface area contributed by atoms with Gasteiger partial charge in [0, 0.05) is 36.6 Å². The zero-order chi connectivity index (χ0) is 15.8. The number of fused-ring (bicyclic) bond motifs is 1. The molecule has 1 N–H and O–H groups in total. The summed E-state index contributed by atoms with van der Waals surface area (Å²) in [5.74, 6) is 0.768. The van der Waals surface area contributed by atoms with Gasteiger partial charge in [-0.2, -0.15) is 0 Å². The molecule has 1 aliphatic rings. The summed E-state index contributed by atoms with van der Waals surface area (Å²) in [7, 11) is 0. The molecule has 118 valence electrons. The van der Waals surface area contributed by atoms with Gasteiger partial charge in [0.15, 0.2) is 0 Å². The second-order valence-electron chi connectivity index (χ2n) is 5.65. The molecule has 1 fully saturated rings. The first-order valence-corrected chi connectivity index (χ1v) is 8.51. The van der Waals surface area contributed by atoms with Crippen molar-refractivity contribution in [3.63, 3.8) is 0 Å². The lowest BCUT2D eigenvalue weighted by atomic mass is 10.0. The summed E-state index contributed by atoms with van der Waals surface area (Å²) in [5.41, 5.74) is 2.14. The molecule has 2 aromatic heterocycles. The van der Waals surface area contributed by atoms with E-state index in [1.165, 1.54) is 17.0 Å². The Hall–Kier alpha value is -2.05. The molecule has 4 rings (SSSR count). The van der Waals surface area contributed by atoms with Crippen molar-refractivity contribution < 1.29 is 4.39 Å². The first kappa shape index (κ1) is 14.5. The number of benzene rings is 1. The Kier molecular flexibility index (Phi) is 3.71. The molecule has 0 bridgehead atoms. The number of aryl methyl sites for hydroxylation is 1. The van der Waals surface area contributed by atoms with Crippen molar-refractivity contribution in [1.29, 1.82) is 0 Å². The van der Waals surface area contributed by atoms with Gasteiger partial charge in [0.25, 0.3) is 0 Å². The van der Waals surface area contributed by atoms with E-state index in [-0.39, 0.29) is 5.82 Å². The molecule has 4 nitrogen and oxygen atoms in total. The number of hydrogen-bond donors (Lipinski definition) is 1. The number of halogens is 1. The van der Waals surface area contributed by atoms with Crippen molar-refractivity contribution in [2.24, 2.45) is 0 Å². The summed E-state index contributed by atoms with van der Waals surface area (Å²) in [6, 6.07) is 6.68. The molecule has 0 atom stereocenters. The molecule has 0 saturated carbocycles. The monoisotopic (exact) mass is 328 g/mol. The second-order valence-corrected chi connectivity index (χ2v) is 6.86. The van der Waals surface area contributed by atoms with E-state index in [1.54, 1.807) is 17.7 Å². The lowest BCUT2D eigenvalue weighted by Crippen LogP contribution is -2.44. The smallest absolute Gasteiger partial charge is 0.141 e. The van der Waals surface area contributed by atoms with Gasteiger partial charge in [-0.05, 0) is 24.6 Å². The predicted octanol–water partition coefficient (Wildman–Crippen LogP) is 3.22. The number of aromatic nitrogens is 2. The van der Waals surface area contributed by atoms with Crippen LogP contribution in [0.15, 0.2) is 30.6 Å². The highest BCUT2D eigenvalue weighted by Crippen LogP contribution is 2.41. The summed E-state index contributed by atoms with van der Waals surface area (Å²) >= 11 is 1.67. The maximum atomic E-state index is 13.3.